The molecule has 2 saturated heterocycles. The van der Waals surface area contributed by atoms with E-state index in [-0.39, 0.29) is 12.6 Å². The molecule has 0 aliphatic carbocycles. The van der Waals surface area contributed by atoms with Gasteiger partial charge < -0.3 is 9.84 Å². The molecular formula is C12H18N2O4S2. The second kappa shape index (κ2) is 5.70. The van der Waals surface area contributed by atoms with Gasteiger partial charge in [0.2, 0.25) is 0 Å². The van der Waals surface area contributed by atoms with Crippen molar-refractivity contribution in [3.05, 3.63) is 17.5 Å². The normalized spacial score (nSPS) is 29.9. The molecule has 6 nitrogen and oxygen atoms in total. The van der Waals surface area contributed by atoms with Crippen molar-refractivity contribution in [2.24, 2.45) is 0 Å². The predicted octanol–water partition coefficient (Wildman–Crippen LogP) is -0.186. The number of aliphatic hydroxyl groups is 1. The van der Waals surface area contributed by atoms with Crippen LogP contribution in [0.25, 0.3) is 0 Å². The topological polar surface area (TPSA) is 70.1 Å². The number of sulfonamides is 1. The first-order valence-corrected chi connectivity index (χ1v) is 8.94. The Balaban J connectivity index is 1.74. The number of ether oxygens (including phenoxy) is 1. The molecule has 1 N–H and O–H groups in total. The summed E-state index contributed by atoms with van der Waals surface area (Å²) < 4.78 is 31.9. The maximum Gasteiger partial charge on any atom is 0.252 e. The van der Waals surface area contributed by atoms with Crippen LogP contribution in [0, 0.1) is 0 Å². The molecule has 1 aromatic rings. The smallest absolute Gasteiger partial charge is 0.252 e. The minimum atomic E-state index is -3.47. The van der Waals surface area contributed by atoms with E-state index in [0.717, 1.165) is 13.1 Å². The molecule has 1 aromatic heterocycles. The zero-order chi connectivity index (χ0) is 14.2. The number of morpholine rings is 1. The summed E-state index contributed by atoms with van der Waals surface area (Å²) >= 11 is 1.21. The third kappa shape index (κ3) is 2.63. The van der Waals surface area contributed by atoms with E-state index in [1.165, 1.54) is 15.6 Å². The molecular weight excluding hydrogens is 300 g/mol. The lowest BCUT2D eigenvalue weighted by molar-refractivity contribution is -0.00602. The summed E-state index contributed by atoms with van der Waals surface area (Å²) in [6.07, 6.45) is -0.636. The van der Waals surface area contributed by atoms with Gasteiger partial charge in [-0.05, 0) is 11.4 Å². The quantitative estimate of drug-likeness (QED) is 0.837. The first kappa shape index (κ1) is 14.4. The summed E-state index contributed by atoms with van der Waals surface area (Å²) in [5.41, 5.74) is 0. The summed E-state index contributed by atoms with van der Waals surface area (Å²) in [4.78, 5) is 2.12. The second-order valence-electron chi connectivity index (χ2n) is 5.04. The van der Waals surface area contributed by atoms with Crippen LogP contribution in [0.15, 0.2) is 21.7 Å². The molecule has 112 valence electrons. The molecule has 3 rings (SSSR count). The van der Waals surface area contributed by atoms with E-state index in [1.54, 1.807) is 17.5 Å². The Kier molecular flexibility index (Phi) is 4.11. The third-order valence-corrected chi connectivity index (χ3v) is 7.03. The minimum Gasteiger partial charge on any atom is -0.390 e. The number of thiophene rings is 1. The Morgan fingerprint density at radius 3 is 2.70 bits per heavy atom. The summed E-state index contributed by atoms with van der Waals surface area (Å²) in [6.45, 7) is 3.29. The monoisotopic (exact) mass is 318 g/mol. The molecule has 3 heterocycles. The Morgan fingerprint density at radius 1 is 1.30 bits per heavy atom. The van der Waals surface area contributed by atoms with E-state index in [0.29, 0.717) is 24.0 Å². The van der Waals surface area contributed by atoms with Gasteiger partial charge in [0.25, 0.3) is 10.0 Å². The zero-order valence-electron chi connectivity index (χ0n) is 11.0. The SMILES string of the molecule is O=S(=O)(c1cccs1)N1C[C@@H](O)[C@H](N2CCOCC2)C1. The summed E-state index contributed by atoms with van der Waals surface area (Å²) in [5, 5.41) is 11.9. The highest BCUT2D eigenvalue weighted by Gasteiger charge is 2.41. The molecule has 20 heavy (non-hydrogen) atoms. The van der Waals surface area contributed by atoms with Gasteiger partial charge in [-0.25, -0.2) is 8.42 Å². The molecule has 0 saturated carbocycles. The molecule has 0 spiro atoms. The Hall–Kier alpha value is -0.510. The Bertz CT molecular complexity index is 540. The fourth-order valence-corrected chi connectivity index (χ4v) is 5.36. The maximum atomic E-state index is 12.5. The molecule has 0 amide bonds. The molecule has 0 unspecified atom stereocenters. The van der Waals surface area contributed by atoms with Crippen LogP contribution in [0.2, 0.25) is 0 Å². The van der Waals surface area contributed by atoms with Gasteiger partial charge in [0, 0.05) is 26.2 Å². The third-order valence-electron chi connectivity index (χ3n) is 3.83. The number of aliphatic hydroxyl groups excluding tert-OH is 1. The van der Waals surface area contributed by atoms with Crippen molar-refractivity contribution in [2.75, 3.05) is 39.4 Å². The molecule has 2 aliphatic rings. The molecule has 2 aliphatic heterocycles. The average molecular weight is 318 g/mol. The zero-order valence-corrected chi connectivity index (χ0v) is 12.6. The van der Waals surface area contributed by atoms with Crippen LogP contribution in [-0.4, -0.2) is 74.3 Å². The first-order valence-electron chi connectivity index (χ1n) is 6.62. The molecule has 2 atom stereocenters. The van der Waals surface area contributed by atoms with Crippen LogP contribution in [0.4, 0.5) is 0 Å². The van der Waals surface area contributed by atoms with Crippen molar-refractivity contribution >= 4 is 21.4 Å². The predicted molar refractivity (Wildman–Crippen MR) is 75.3 cm³/mol. The highest BCUT2D eigenvalue weighted by molar-refractivity contribution is 7.91. The number of rotatable bonds is 3. The van der Waals surface area contributed by atoms with Gasteiger partial charge in [-0.1, -0.05) is 6.07 Å². The largest absolute Gasteiger partial charge is 0.390 e. The fourth-order valence-electron chi connectivity index (χ4n) is 2.74. The van der Waals surface area contributed by atoms with Crippen molar-refractivity contribution in [3.8, 4) is 0 Å². The van der Waals surface area contributed by atoms with Gasteiger partial charge in [-0.2, -0.15) is 4.31 Å². The number of nitrogens with zero attached hydrogens (tertiary/aromatic N) is 2. The lowest BCUT2D eigenvalue weighted by atomic mass is 10.2. The maximum absolute atomic E-state index is 12.5. The molecule has 0 bridgehead atoms. The highest BCUT2D eigenvalue weighted by Crippen LogP contribution is 2.26. The fraction of sp³-hybridized carbons (Fsp3) is 0.667. The van der Waals surface area contributed by atoms with Crippen LogP contribution in [0.1, 0.15) is 0 Å². The second-order valence-corrected chi connectivity index (χ2v) is 8.15. The van der Waals surface area contributed by atoms with Crippen LogP contribution in [0.5, 0.6) is 0 Å². The van der Waals surface area contributed by atoms with E-state index < -0.39 is 16.1 Å². The van der Waals surface area contributed by atoms with Crippen molar-refractivity contribution in [3.63, 3.8) is 0 Å². The Labute approximate surface area is 122 Å². The first-order chi connectivity index (χ1) is 9.59. The number of hydrogen-bond acceptors (Lipinski definition) is 6. The standard InChI is InChI=1S/C12H18N2O4S2/c15-11-9-14(20(16,17)12-2-1-7-19-12)8-10(11)13-3-5-18-6-4-13/h1-2,7,10-11,15H,3-6,8-9H2/t10-,11-/m1/s1. The van der Waals surface area contributed by atoms with E-state index in [4.69, 9.17) is 4.74 Å². The van der Waals surface area contributed by atoms with Crippen LogP contribution >= 0.6 is 11.3 Å². The summed E-state index contributed by atoms with van der Waals surface area (Å²) in [6, 6.07) is 3.20. The van der Waals surface area contributed by atoms with Gasteiger partial charge in [0.05, 0.1) is 25.4 Å². The van der Waals surface area contributed by atoms with Crippen molar-refractivity contribution in [1.82, 2.24) is 9.21 Å². The van der Waals surface area contributed by atoms with E-state index >= 15 is 0 Å². The van der Waals surface area contributed by atoms with Crippen molar-refractivity contribution in [1.29, 1.82) is 0 Å². The van der Waals surface area contributed by atoms with Gasteiger partial charge in [0.15, 0.2) is 0 Å². The van der Waals surface area contributed by atoms with Gasteiger partial charge >= 0.3 is 0 Å². The molecule has 2 fully saturated rings. The van der Waals surface area contributed by atoms with Gasteiger partial charge in [-0.3, -0.25) is 4.90 Å². The van der Waals surface area contributed by atoms with Crippen LogP contribution in [0.3, 0.4) is 0 Å². The van der Waals surface area contributed by atoms with E-state index in [9.17, 15) is 13.5 Å². The van der Waals surface area contributed by atoms with Crippen LogP contribution < -0.4 is 0 Å². The summed E-state index contributed by atoms with van der Waals surface area (Å²) in [7, 11) is -3.47. The lowest BCUT2D eigenvalue weighted by Gasteiger charge is -2.33. The van der Waals surface area contributed by atoms with Crippen molar-refractivity contribution < 1.29 is 18.3 Å². The average Bonchev–Trinajstić information content (AvgIpc) is 3.09. The summed E-state index contributed by atoms with van der Waals surface area (Å²) in [5.74, 6) is 0. The minimum absolute atomic E-state index is 0.131. The van der Waals surface area contributed by atoms with Gasteiger partial charge in [-0.15, -0.1) is 11.3 Å². The molecule has 0 aromatic carbocycles. The van der Waals surface area contributed by atoms with Crippen molar-refractivity contribution in [2.45, 2.75) is 16.4 Å². The number of hydrogen-bond donors (Lipinski definition) is 1. The number of β-amino-alcohol motifs (C(OH)–C–C–N with tert-alkyl or cyclic N) is 1. The molecule has 0 radical (unpaired) electrons. The van der Waals surface area contributed by atoms with Gasteiger partial charge in [0.1, 0.15) is 4.21 Å². The van der Waals surface area contributed by atoms with Crippen LogP contribution in [-0.2, 0) is 14.8 Å². The van der Waals surface area contributed by atoms with E-state index in [1.807, 2.05) is 0 Å². The highest BCUT2D eigenvalue weighted by atomic mass is 32.2. The lowest BCUT2D eigenvalue weighted by Crippen LogP contribution is -2.49. The van der Waals surface area contributed by atoms with E-state index in [2.05, 4.69) is 4.90 Å². The molecule has 8 heteroatoms. The Morgan fingerprint density at radius 2 is 2.05 bits per heavy atom.